The van der Waals surface area contributed by atoms with Crippen LogP contribution in [0.5, 0.6) is 0 Å². The highest BCUT2D eigenvalue weighted by Crippen LogP contribution is 2.22. The molecule has 0 aliphatic carbocycles. The SMILES string of the molecule is Cc1cc([N+](=O)[O-])c(CN)cc1C#N. The van der Waals surface area contributed by atoms with Crippen molar-refractivity contribution < 1.29 is 4.92 Å². The van der Waals surface area contributed by atoms with Crippen LogP contribution in [-0.2, 0) is 6.54 Å². The van der Waals surface area contributed by atoms with Gasteiger partial charge in [0.15, 0.2) is 0 Å². The maximum absolute atomic E-state index is 10.6. The number of nitro benzene ring substituents is 1. The van der Waals surface area contributed by atoms with Crippen molar-refractivity contribution in [3.8, 4) is 6.07 Å². The lowest BCUT2D eigenvalue weighted by Gasteiger charge is -2.02. The van der Waals surface area contributed by atoms with Gasteiger partial charge >= 0.3 is 0 Å². The van der Waals surface area contributed by atoms with Crippen LogP contribution in [0.25, 0.3) is 0 Å². The van der Waals surface area contributed by atoms with Crippen LogP contribution in [0, 0.1) is 28.4 Å². The van der Waals surface area contributed by atoms with Crippen molar-refractivity contribution in [3.63, 3.8) is 0 Å². The van der Waals surface area contributed by atoms with Crippen LogP contribution in [0.1, 0.15) is 16.7 Å². The van der Waals surface area contributed by atoms with Crippen molar-refractivity contribution in [2.75, 3.05) is 0 Å². The molecule has 0 atom stereocenters. The Kier molecular flexibility index (Phi) is 2.79. The van der Waals surface area contributed by atoms with E-state index < -0.39 is 4.92 Å². The van der Waals surface area contributed by atoms with Gasteiger partial charge in [0.1, 0.15) is 0 Å². The second-order valence-corrected chi connectivity index (χ2v) is 2.87. The van der Waals surface area contributed by atoms with Gasteiger partial charge in [0, 0.05) is 18.2 Å². The van der Waals surface area contributed by atoms with Gasteiger partial charge < -0.3 is 5.73 Å². The molecule has 1 rings (SSSR count). The summed E-state index contributed by atoms with van der Waals surface area (Å²) in [5, 5.41) is 19.3. The molecule has 0 radical (unpaired) electrons. The van der Waals surface area contributed by atoms with E-state index in [0.29, 0.717) is 16.7 Å². The summed E-state index contributed by atoms with van der Waals surface area (Å²) in [5.74, 6) is 0. The Bertz CT molecular complexity index is 421. The minimum absolute atomic E-state index is 0.0241. The third-order valence-corrected chi connectivity index (χ3v) is 1.96. The second kappa shape index (κ2) is 3.85. The highest BCUT2D eigenvalue weighted by atomic mass is 16.6. The molecule has 0 bridgehead atoms. The van der Waals surface area contributed by atoms with E-state index in [-0.39, 0.29) is 12.2 Å². The van der Waals surface area contributed by atoms with Gasteiger partial charge in [-0.05, 0) is 18.6 Å². The lowest BCUT2D eigenvalue weighted by molar-refractivity contribution is -0.385. The number of nitro groups is 1. The quantitative estimate of drug-likeness (QED) is 0.562. The highest BCUT2D eigenvalue weighted by Gasteiger charge is 2.14. The first-order valence-corrected chi connectivity index (χ1v) is 3.98. The van der Waals surface area contributed by atoms with Gasteiger partial charge in [0.2, 0.25) is 0 Å². The molecule has 0 spiro atoms. The van der Waals surface area contributed by atoms with Crippen molar-refractivity contribution in [3.05, 3.63) is 38.9 Å². The average molecular weight is 191 g/mol. The number of nitrogens with zero attached hydrogens (tertiary/aromatic N) is 2. The lowest BCUT2D eigenvalue weighted by atomic mass is 10.0. The number of benzene rings is 1. The predicted molar refractivity (Wildman–Crippen MR) is 50.4 cm³/mol. The zero-order chi connectivity index (χ0) is 10.7. The first kappa shape index (κ1) is 10.2. The first-order valence-electron chi connectivity index (χ1n) is 3.98. The van der Waals surface area contributed by atoms with Crippen LogP contribution in [0.3, 0.4) is 0 Å². The summed E-state index contributed by atoms with van der Waals surface area (Å²) >= 11 is 0. The van der Waals surface area contributed by atoms with Gasteiger partial charge in [-0.2, -0.15) is 5.26 Å². The molecule has 0 aromatic heterocycles. The van der Waals surface area contributed by atoms with Crippen molar-refractivity contribution in [1.29, 1.82) is 5.26 Å². The van der Waals surface area contributed by atoms with Crippen LogP contribution in [0.4, 0.5) is 5.69 Å². The Labute approximate surface area is 80.9 Å². The molecule has 0 amide bonds. The van der Waals surface area contributed by atoms with Crippen LogP contribution in [-0.4, -0.2) is 4.92 Å². The van der Waals surface area contributed by atoms with E-state index >= 15 is 0 Å². The topological polar surface area (TPSA) is 92.9 Å². The monoisotopic (exact) mass is 191 g/mol. The molecule has 0 heterocycles. The average Bonchev–Trinajstić information content (AvgIpc) is 2.17. The smallest absolute Gasteiger partial charge is 0.274 e. The number of nitrogens with two attached hydrogens (primary N) is 1. The fourth-order valence-corrected chi connectivity index (χ4v) is 1.19. The molecule has 5 nitrogen and oxygen atoms in total. The summed E-state index contributed by atoms with van der Waals surface area (Å²) < 4.78 is 0. The van der Waals surface area contributed by atoms with E-state index in [2.05, 4.69) is 0 Å². The van der Waals surface area contributed by atoms with Gasteiger partial charge in [-0.25, -0.2) is 0 Å². The van der Waals surface area contributed by atoms with Crippen molar-refractivity contribution >= 4 is 5.69 Å². The summed E-state index contributed by atoms with van der Waals surface area (Å²) in [7, 11) is 0. The molecule has 5 heteroatoms. The fourth-order valence-electron chi connectivity index (χ4n) is 1.19. The summed E-state index contributed by atoms with van der Waals surface area (Å²) in [5.41, 5.74) is 6.73. The molecule has 0 unspecified atom stereocenters. The molecule has 0 saturated heterocycles. The Morgan fingerprint density at radius 3 is 2.71 bits per heavy atom. The normalized spacial score (nSPS) is 9.50. The number of rotatable bonds is 2. The van der Waals surface area contributed by atoms with Crippen LogP contribution >= 0.6 is 0 Å². The van der Waals surface area contributed by atoms with E-state index in [0.717, 1.165) is 0 Å². The van der Waals surface area contributed by atoms with E-state index in [1.54, 1.807) is 6.92 Å². The standard InChI is InChI=1S/C9H9N3O2/c1-6-2-9(12(13)14)8(5-11)3-7(6)4-10/h2-3H,5,11H2,1H3. The van der Waals surface area contributed by atoms with Crippen molar-refractivity contribution in [1.82, 2.24) is 0 Å². The second-order valence-electron chi connectivity index (χ2n) is 2.87. The molecule has 72 valence electrons. The van der Waals surface area contributed by atoms with Gasteiger partial charge in [-0.15, -0.1) is 0 Å². The van der Waals surface area contributed by atoms with E-state index in [1.807, 2.05) is 6.07 Å². The maximum Gasteiger partial charge on any atom is 0.274 e. The molecule has 1 aromatic rings. The van der Waals surface area contributed by atoms with E-state index in [4.69, 9.17) is 11.0 Å². The number of nitriles is 1. The molecular weight excluding hydrogens is 182 g/mol. The molecule has 2 N–H and O–H groups in total. The molecule has 0 aliphatic rings. The maximum atomic E-state index is 10.6. The minimum atomic E-state index is -0.490. The Morgan fingerprint density at radius 2 is 2.29 bits per heavy atom. The van der Waals surface area contributed by atoms with Crippen molar-refractivity contribution in [2.24, 2.45) is 5.73 Å². The van der Waals surface area contributed by atoms with Crippen LogP contribution in [0.15, 0.2) is 12.1 Å². The largest absolute Gasteiger partial charge is 0.326 e. The zero-order valence-electron chi connectivity index (χ0n) is 7.65. The Morgan fingerprint density at radius 1 is 1.64 bits per heavy atom. The summed E-state index contributed by atoms with van der Waals surface area (Å²) in [6, 6.07) is 4.80. The molecule has 0 fully saturated rings. The highest BCUT2D eigenvalue weighted by molar-refractivity contribution is 5.50. The van der Waals surface area contributed by atoms with E-state index in [1.165, 1.54) is 12.1 Å². The Hall–Kier alpha value is -1.93. The number of aryl methyl sites for hydroxylation is 1. The van der Waals surface area contributed by atoms with Gasteiger partial charge in [-0.3, -0.25) is 10.1 Å². The van der Waals surface area contributed by atoms with Crippen LogP contribution in [0.2, 0.25) is 0 Å². The third kappa shape index (κ3) is 1.70. The summed E-state index contributed by atoms with van der Waals surface area (Å²) in [6.45, 7) is 1.72. The lowest BCUT2D eigenvalue weighted by Crippen LogP contribution is -2.03. The molecular formula is C9H9N3O2. The zero-order valence-corrected chi connectivity index (χ0v) is 7.65. The number of hydrogen-bond donors (Lipinski definition) is 1. The molecule has 14 heavy (non-hydrogen) atoms. The summed E-state index contributed by atoms with van der Waals surface area (Å²) in [6.07, 6.45) is 0. The Balaban J connectivity index is 3.41. The minimum Gasteiger partial charge on any atom is -0.326 e. The molecule has 0 aliphatic heterocycles. The van der Waals surface area contributed by atoms with Gasteiger partial charge in [0.05, 0.1) is 16.6 Å². The first-order chi connectivity index (χ1) is 6.60. The van der Waals surface area contributed by atoms with Gasteiger partial charge in [0.25, 0.3) is 5.69 Å². The van der Waals surface area contributed by atoms with Gasteiger partial charge in [-0.1, -0.05) is 0 Å². The molecule has 1 aromatic carbocycles. The van der Waals surface area contributed by atoms with Crippen molar-refractivity contribution in [2.45, 2.75) is 13.5 Å². The van der Waals surface area contributed by atoms with E-state index in [9.17, 15) is 10.1 Å². The number of hydrogen-bond acceptors (Lipinski definition) is 4. The molecule has 0 saturated carbocycles. The third-order valence-electron chi connectivity index (χ3n) is 1.96. The van der Waals surface area contributed by atoms with Crippen LogP contribution < -0.4 is 5.73 Å². The predicted octanol–water partition coefficient (Wildman–Crippen LogP) is 1.23. The summed E-state index contributed by atoms with van der Waals surface area (Å²) in [4.78, 5) is 10.1. The fraction of sp³-hybridized carbons (Fsp3) is 0.222.